The average molecular weight is 334 g/mol. The molecule has 0 spiro atoms. The summed E-state index contributed by atoms with van der Waals surface area (Å²) < 4.78 is 4.66. The molecule has 2 aromatic heterocycles. The first-order valence-electron chi connectivity index (χ1n) is 8.71. The van der Waals surface area contributed by atoms with Gasteiger partial charge in [-0.25, -0.2) is 9.78 Å². The first kappa shape index (κ1) is 17.0. The van der Waals surface area contributed by atoms with E-state index in [0.29, 0.717) is 30.2 Å². The Kier molecular flexibility index (Phi) is 4.62. The molecule has 0 aliphatic heterocycles. The maximum Gasteiger partial charge on any atom is 0.332 e. The standard InChI is InChI=1S/C17H26N4O3/c1-11(2)8-20-10-18-15-14(20)16(23)21(17(24)19(15)3)9-12-4-6-13(22)7-5-12/h10-13,22H,4-9H2,1-3H3. The first-order chi connectivity index (χ1) is 11.4. The van der Waals surface area contributed by atoms with Gasteiger partial charge < -0.3 is 9.67 Å². The Labute approximate surface area is 140 Å². The molecule has 7 nitrogen and oxygen atoms in total. The van der Waals surface area contributed by atoms with Crippen molar-refractivity contribution < 1.29 is 5.11 Å². The molecule has 0 unspecified atom stereocenters. The highest BCUT2D eigenvalue weighted by Crippen LogP contribution is 2.25. The minimum atomic E-state index is -0.312. The molecular weight excluding hydrogens is 308 g/mol. The van der Waals surface area contributed by atoms with Crippen molar-refractivity contribution in [3.63, 3.8) is 0 Å². The van der Waals surface area contributed by atoms with Gasteiger partial charge in [-0.1, -0.05) is 13.8 Å². The number of nitrogens with zero attached hydrogens (tertiary/aromatic N) is 4. The molecule has 2 heterocycles. The van der Waals surface area contributed by atoms with Gasteiger partial charge >= 0.3 is 5.69 Å². The zero-order valence-electron chi connectivity index (χ0n) is 14.6. The number of aromatic nitrogens is 4. The summed E-state index contributed by atoms with van der Waals surface area (Å²) in [6.45, 7) is 5.28. The fourth-order valence-electron chi connectivity index (χ4n) is 3.60. The second-order valence-corrected chi connectivity index (χ2v) is 7.39. The highest BCUT2D eigenvalue weighted by molar-refractivity contribution is 5.69. The summed E-state index contributed by atoms with van der Waals surface area (Å²) >= 11 is 0. The predicted molar refractivity (Wildman–Crippen MR) is 92.0 cm³/mol. The molecule has 24 heavy (non-hydrogen) atoms. The van der Waals surface area contributed by atoms with Gasteiger partial charge in [0.15, 0.2) is 11.2 Å². The van der Waals surface area contributed by atoms with Crippen molar-refractivity contribution in [2.75, 3.05) is 0 Å². The molecule has 132 valence electrons. The van der Waals surface area contributed by atoms with Crippen LogP contribution in [0.4, 0.5) is 0 Å². The van der Waals surface area contributed by atoms with Crippen LogP contribution < -0.4 is 11.2 Å². The van der Waals surface area contributed by atoms with Gasteiger partial charge in [0.05, 0.1) is 12.4 Å². The number of fused-ring (bicyclic) bond motifs is 1. The smallest absolute Gasteiger partial charge is 0.332 e. The number of aliphatic hydroxyl groups is 1. The summed E-state index contributed by atoms with van der Waals surface area (Å²) in [4.78, 5) is 29.8. The first-order valence-corrected chi connectivity index (χ1v) is 8.71. The number of hydrogen-bond donors (Lipinski definition) is 1. The molecule has 0 saturated heterocycles. The molecule has 0 atom stereocenters. The van der Waals surface area contributed by atoms with Crippen molar-refractivity contribution >= 4 is 11.2 Å². The van der Waals surface area contributed by atoms with Crippen LogP contribution in [0.15, 0.2) is 15.9 Å². The highest BCUT2D eigenvalue weighted by Gasteiger charge is 2.23. The van der Waals surface area contributed by atoms with E-state index >= 15 is 0 Å². The summed E-state index contributed by atoms with van der Waals surface area (Å²) in [6.07, 6.45) is 4.59. The van der Waals surface area contributed by atoms with E-state index in [1.54, 1.807) is 13.4 Å². The van der Waals surface area contributed by atoms with E-state index in [1.165, 1.54) is 9.13 Å². The Bertz CT molecular complexity index is 838. The van der Waals surface area contributed by atoms with Crippen molar-refractivity contribution in [1.29, 1.82) is 0 Å². The van der Waals surface area contributed by atoms with Crippen LogP contribution in [-0.2, 0) is 20.1 Å². The van der Waals surface area contributed by atoms with Gasteiger partial charge in [-0.05, 0) is 37.5 Å². The van der Waals surface area contributed by atoms with E-state index in [9.17, 15) is 14.7 Å². The summed E-state index contributed by atoms with van der Waals surface area (Å²) in [6, 6.07) is 0. The van der Waals surface area contributed by atoms with Crippen molar-refractivity contribution in [2.45, 2.75) is 58.7 Å². The van der Waals surface area contributed by atoms with Crippen molar-refractivity contribution in [3.05, 3.63) is 27.2 Å². The number of imidazole rings is 1. The second-order valence-electron chi connectivity index (χ2n) is 7.39. The summed E-state index contributed by atoms with van der Waals surface area (Å²) in [5.74, 6) is 0.644. The van der Waals surface area contributed by atoms with Crippen LogP contribution in [0.3, 0.4) is 0 Å². The minimum absolute atomic E-state index is 0.240. The summed E-state index contributed by atoms with van der Waals surface area (Å²) in [5.41, 5.74) is 0.383. The third-order valence-corrected chi connectivity index (χ3v) is 4.92. The van der Waals surface area contributed by atoms with Crippen LogP contribution in [0.1, 0.15) is 39.5 Å². The highest BCUT2D eigenvalue weighted by atomic mass is 16.3. The SMILES string of the molecule is CC(C)Cn1cnc2c1c(=O)n(CC1CCC(O)CC1)c(=O)n2C. The van der Waals surface area contributed by atoms with E-state index in [1.807, 2.05) is 4.57 Å². The number of aryl methyl sites for hydroxylation is 1. The Morgan fingerprint density at radius 1 is 1.25 bits per heavy atom. The molecule has 2 aromatic rings. The number of hydrogen-bond acceptors (Lipinski definition) is 4. The third-order valence-electron chi connectivity index (χ3n) is 4.92. The quantitative estimate of drug-likeness (QED) is 0.908. The lowest BCUT2D eigenvalue weighted by Gasteiger charge is -2.25. The van der Waals surface area contributed by atoms with E-state index in [0.717, 1.165) is 25.7 Å². The molecule has 1 aliphatic rings. The van der Waals surface area contributed by atoms with Gasteiger partial charge in [-0.15, -0.1) is 0 Å². The molecule has 1 saturated carbocycles. The van der Waals surface area contributed by atoms with Gasteiger partial charge in [0.2, 0.25) is 0 Å². The number of aliphatic hydroxyl groups excluding tert-OH is 1. The maximum atomic E-state index is 12.9. The lowest BCUT2D eigenvalue weighted by atomic mass is 9.87. The summed E-state index contributed by atoms with van der Waals surface area (Å²) in [5, 5.41) is 9.63. The Balaban J connectivity index is 2.04. The molecule has 1 N–H and O–H groups in total. The molecule has 0 aromatic carbocycles. The summed E-state index contributed by atoms with van der Waals surface area (Å²) in [7, 11) is 1.66. The fraction of sp³-hybridized carbons (Fsp3) is 0.706. The maximum absolute atomic E-state index is 12.9. The van der Waals surface area contributed by atoms with E-state index in [-0.39, 0.29) is 23.3 Å². The van der Waals surface area contributed by atoms with Crippen LogP contribution in [0, 0.1) is 11.8 Å². The van der Waals surface area contributed by atoms with Crippen LogP contribution in [0.2, 0.25) is 0 Å². The molecule has 0 bridgehead atoms. The third kappa shape index (κ3) is 3.05. The molecule has 7 heteroatoms. The normalized spacial score (nSPS) is 21.7. The topological polar surface area (TPSA) is 82.1 Å². The van der Waals surface area contributed by atoms with E-state index in [4.69, 9.17) is 0 Å². The minimum Gasteiger partial charge on any atom is -0.393 e. The van der Waals surface area contributed by atoms with Crippen LogP contribution in [0.25, 0.3) is 11.2 Å². The van der Waals surface area contributed by atoms with Gasteiger partial charge in [0.25, 0.3) is 5.56 Å². The molecule has 0 amide bonds. The monoisotopic (exact) mass is 334 g/mol. The fourth-order valence-corrected chi connectivity index (χ4v) is 3.60. The lowest BCUT2D eigenvalue weighted by Crippen LogP contribution is -2.41. The van der Waals surface area contributed by atoms with Gasteiger partial charge in [0.1, 0.15) is 0 Å². The van der Waals surface area contributed by atoms with E-state index < -0.39 is 0 Å². The number of rotatable bonds is 4. The molecule has 1 fully saturated rings. The Hall–Kier alpha value is -1.89. The molecule has 1 aliphatic carbocycles. The van der Waals surface area contributed by atoms with Gasteiger partial charge in [0, 0.05) is 20.1 Å². The van der Waals surface area contributed by atoms with Crippen LogP contribution in [-0.4, -0.2) is 29.9 Å². The van der Waals surface area contributed by atoms with E-state index in [2.05, 4.69) is 18.8 Å². The van der Waals surface area contributed by atoms with Crippen LogP contribution >= 0.6 is 0 Å². The lowest BCUT2D eigenvalue weighted by molar-refractivity contribution is 0.103. The van der Waals surface area contributed by atoms with Crippen molar-refractivity contribution in [2.24, 2.45) is 18.9 Å². The average Bonchev–Trinajstić information content (AvgIpc) is 2.94. The Morgan fingerprint density at radius 3 is 2.54 bits per heavy atom. The predicted octanol–water partition coefficient (Wildman–Crippen LogP) is 1.10. The van der Waals surface area contributed by atoms with Crippen LogP contribution in [0.5, 0.6) is 0 Å². The Morgan fingerprint density at radius 2 is 1.92 bits per heavy atom. The van der Waals surface area contributed by atoms with Crippen molar-refractivity contribution in [1.82, 2.24) is 18.7 Å². The molecule has 3 rings (SSSR count). The largest absolute Gasteiger partial charge is 0.393 e. The zero-order valence-corrected chi connectivity index (χ0v) is 14.6. The van der Waals surface area contributed by atoms with Gasteiger partial charge in [-0.3, -0.25) is 13.9 Å². The molecule has 0 radical (unpaired) electrons. The second kappa shape index (κ2) is 6.55. The van der Waals surface area contributed by atoms with Crippen molar-refractivity contribution in [3.8, 4) is 0 Å². The molecular formula is C17H26N4O3. The van der Waals surface area contributed by atoms with Gasteiger partial charge in [-0.2, -0.15) is 0 Å². The zero-order chi connectivity index (χ0) is 17.4.